The van der Waals surface area contributed by atoms with E-state index in [1.807, 2.05) is 60.7 Å². The number of aromatic hydroxyl groups is 1. The van der Waals surface area contributed by atoms with E-state index in [4.69, 9.17) is 9.84 Å². The van der Waals surface area contributed by atoms with Crippen molar-refractivity contribution in [3.8, 4) is 22.6 Å². The van der Waals surface area contributed by atoms with E-state index in [1.54, 1.807) is 12.1 Å². The monoisotopic (exact) mass is 531 g/mol. The number of hydrogen-bond acceptors (Lipinski definition) is 6. The number of rotatable bonds is 13. The van der Waals surface area contributed by atoms with E-state index in [-0.39, 0.29) is 18.3 Å². The third-order valence-electron chi connectivity index (χ3n) is 6.81. The van der Waals surface area contributed by atoms with E-state index in [0.29, 0.717) is 25.4 Å². The number of anilines is 1. The number of amides is 1. The molecule has 1 aliphatic rings. The van der Waals surface area contributed by atoms with Crippen LogP contribution in [0.5, 0.6) is 11.5 Å². The van der Waals surface area contributed by atoms with Crippen LogP contribution >= 0.6 is 0 Å². The van der Waals surface area contributed by atoms with Crippen molar-refractivity contribution < 1.29 is 24.9 Å². The van der Waals surface area contributed by atoms with Crippen molar-refractivity contribution in [1.29, 1.82) is 0 Å². The highest BCUT2D eigenvalue weighted by Gasteiger charge is 2.20. The number of ether oxygens (including phenoxy) is 1. The summed E-state index contributed by atoms with van der Waals surface area (Å²) in [4.78, 5) is 10.9. The number of hydrogen-bond donors (Lipinski definition) is 6. The van der Waals surface area contributed by atoms with Gasteiger partial charge in [0.25, 0.3) is 0 Å². The summed E-state index contributed by atoms with van der Waals surface area (Å²) in [6.45, 7) is 3.80. The molecular weight excluding hydrogens is 494 g/mol. The van der Waals surface area contributed by atoms with Gasteiger partial charge in [0.1, 0.15) is 18.1 Å². The molecule has 8 heteroatoms. The zero-order valence-corrected chi connectivity index (χ0v) is 22.2. The van der Waals surface area contributed by atoms with Crippen LogP contribution in [-0.4, -0.2) is 47.2 Å². The first-order chi connectivity index (χ1) is 19.0. The number of nitrogens with one attached hydrogen (secondary N) is 3. The summed E-state index contributed by atoms with van der Waals surface area (Å²) in [5, 5.41) is 39.2. The molecule has 8 nitrogen and oxygen atoms in total. The highest BCUT2D eigenvalue weighted by atomic mass is 16.5. The minimum Gasteiger partial charge on any atom is -0.506 e. The van der Waals surface area contributed by atoms with Gasteiger partial charge in [-0.05, 0) is 41.3 Å². The molecule has 0 aliphatic carbocycles. The quantitative estimate of drug-likeness (QED) is 0.160. The van der Waals surface area contributed by atoms with Gasteiger partial charge in [0.15, 0.2) is 0 Å². The first kappa shape index (κ1) is 28.0. The van der Waals surface area contributed by atoms with Crippen LogP contribution in [0.15, 0.2) is 66.7 Å². The fourth-order valence-corrected chi connectivity index (χ4v) is 4.75. The molecule has 39 heavy (non-hydrogen) atoms. The van der Waals surface area contributed by atoms with Gasteiger partial charge < -0.3 is 36.0 Å². The number of benzene rings is 3. The lowest BCUT2D eigenvalue weighted by molar-refractivity contribution is 0.159. The minimum absolute atomic E-state index is 0.0281. The predicted octanol–water partition coefficient (Wildman–Crippen LogP) is 5.53. The van der Waals surface area contributed by atoms with Gasteiger partial charge in [-0.1, -0.05) is 74.4 Å². The zero-order valence-electron chi connectivity index (χ0n) is 22.2. The second kappa shape index (κ2) is 13.7. The highest BCUT2D eigenvalue weighted by Crippen LogP contribution is 2.36. The standard InChI is InChI=1S/C31H37N3O5/c1-2-3-10-23(33-19-28(36)25-14-15-27(35)30-26(25)12-7-16-32-30)20-39-29-13-5-4-11-24(29)22-9-6-8-21(17-22)18-34-31(37)38/h4-9,11-15,17,23,28,32-36H,2-3,10,16,18-20H2,1H3,(H,37,38)/t23?,28-/m0/s1. The van der Waals surface area contributed by atoms with Crippen LogP contribution in [0.3, 0.4) is 0 Å². The van der Waals surface area contributed by atoms with Gasteiger partial charge in [-0.15, -0.1) is 0 Å². The summed E-state index contributed by atoms with van der Waals surface area (Å²) in [5.41, 5.74) is 4.96. The summed E-state index contributed by atoms with van der Waals surface area (Å²) in [7, 11) is 0. The Hall–Kier alpha value is -4.01. The van der Waals surface area contributed by atoms with Crippen molar-refractivity contribution in [3.05, 3.63) is 83.4 Å². The van der Waals surface area contributed by atoms with E-state index < -0.39 is 12.2 Å². The fourth-order valence-electron chi connectivity index (χ4n) is 4.75. The van der Waals surface area contributed by atoms with Crippen molar-refractivity contribution in [2.45, 2.75) is 44.9 Å². The van der Waals surface area contributed by atoms with Crippen LogP contribution in [-0.2, 0) is 6.54 Å². The largest absolute Gasteiger partial charge is 0.506 e. The summed E-state index contributed by atoms with van der Waals surface area (Å²) in [5.74, 6) is 0.920. The molecule has 0 radical (unpaired) electrons. The topological polar surface area (TPSA) is 123 Å². The Balaban J connectivity index is 1.43. The third-order valence-corrected chi connectivity index (χ3v) is 6.81. The van der Waals surface area contributed by atoms with Crippen LogP contribution in [0.2, 0.25) is 0 Å². The van der Waals surface area contributed by atoms with Crippen LogP contribution in [0.25, 0.3) is 17.2 Å². The molecule has 1 amide bonds. The summed E-state index contributed by atoms with van der Waals surface area (Å²) < 4.78 is 6.33. The molecule has 1 heterocycles. The van der Waals surface area contributed by atoms with Crippen molar-refractivity contribution in [3.63, 3.8) is 0 Å². The third kappa shape index (κ3) is 7.52. The van der Waals surface area contributed by atoms with E-state index in [1.165, 1.54) is 0 Å². The summed E-state index contributed by atoms with van der Waals surface area (Å²) >= 11 is 0. The maximum absolute atomic E-state index is 11.0. The number of phenols is 1. The number of aliphatic hydroxyl groups is 1. The van der Waals surface area contributed by atoms with Crippen LogP contribution in [0, 0.1) is 0 Å². The van der Waals surface area contributed by atoms with Gasteiger partial charge in [0.05, 0.1) is 11.8 Å². The maximum Gasteiger partial charge on any atom is 0.404 e. The molecule has 0 saturated heterocycles. The van der Waals surface area contributed by atoms with Gasteiger partial charge in [0.2, 0.25) is 0 Å². The molecular formula is C31H37N3O5. The van der Waals surface area contributed by atoms with Gasteiger partial charge in [0, 0.05) is 36.8 Å². The molecule has 1 aliphatic heterocycles. The van der Waals surface area contributed by atoms with Gasteiger partial charge >= 0.3 is 6.09 Å². The van der Waals surface area contributed by atoms with Crippen LogP contribution in [0.4, 0.5) is 10.5 Å². The molecule has 206 valence electrons. The average Bonchev–Trinajstić information content (AvgIpc) is 2.96. The number of unbranched alkanes of at least 4 members (excludes halogenated alkanes) is 1. The van der Waals surface area contributed by atoms with E-state index >= 15 is 0 Å². The number of para-hydroxylation sites is 1. The Morgan fingerprint density at radius 3 is 2.79 bits per heavy atom. The second-order valence-corrected chi connectivity index (χ2v) is 9.68. The highest BCUT2D eigenvalue weighted by molar-refractivity contribution is 5.78. The molecule has 0 spiro atoms. The Morgan fingerprint density at radius 2 is 1.97 bits per heavy atom. The van der Waals surface area contributed by atoms with Gasteiger partial charge in [-0.25, -0.2) is 4.79 Å². The van der Waals surface area contributed by atoms with E-state index in [2.05, 4.69) is 22.9 Å². The Kier molecular flexibility index (Phi) is 9.83. The predicted molar refractivity (Wildman–Crippen MR) is 154 cm³/mol. The second-order valence-electron chi connectivity index (χ2n) is 9.68. The molecule has 1 unspecified atom stereocenters. The minimum atomic E-state index is -1.06. The summed E-state index contributed by atoms with van der Waals surface area (Å²) in [6, 6.07) is 19.0. The number of fused-ring (bicyclic) bond motifs is 1. The number of carbonyl (C=O) groups is 1. The Labute approximate surface area is 229 Å². The molecule has 0 aromatic heterocycles. The van der Waals surface area contributed by atoms with Crippen molar-refractivity contribution >= 4 is 17.9 Å². The molecule has 6 N–H and O–H groups in total. The average molecular weight is 532 g/mol. The van der Waals surface area contributed by atoms with Crippen LogP contribution < -0.4 is 20.7 Å². The lowest BCUT2D eigenvalue weighted by atomic mass is 9.97. The number of aliphatic hydroxyl groups excluding tert-OH is 1. The molecule has 0 saturated carbocycles. The van der Waals surface area contributed by atoms with Crippen molar-refractivity contribution in [1.82, 2.24) is 10.6 Å². The molecule has 0 bridgehead atoms. The number of phenolic OH excluding ortho intramolecular Hbond substituents is 1. The lowest BCUT2D eigenvalue weighted by Crippen LogP contribution is -2.37. The maximum atomic E-state index is 11.0. The SMILES string of the molecule is CCCCC(COc1ccccc1-c1cccc(CNC(=O)O)c1)NC[C@H](O)c1ccc(O)c2c1C=CCN2. The zero-order chi connectivity index (χ0) is 27.6. The Bertz CT molecular complexity index is 1290. The first-order valence-corrected chi connectivity index (χ1v) is 13.4. The lowest BCUT2D eigenvalue weighted by Gasteiger charge is -2.24. The van der Waals surface area contributed by atoms with Crippen molar-refractivity contribution in [2.24, 2.45) is 0 Å². The van der Waals surface area contributed by atoms with E-state index in [0.717, 1.165) is 52.8 Å². The number of carboxylic acid groups (broad SMARTS) is 1. The van der Waals surface area contributed by atoms with Gasteiger partial charge in [-0.3, -0.25) is 0 Å². The van der Waals surface area contributed by atoms with Gasteiger partial charge in [-0.2, -0.15) is 0 Å². The fraction of sp³-hybridized carbons (Fsp3) is 0.323. The first-order valence-electron chi connectivity index (χ1n) is 13.4. The van der Waals surface area contributed by atoms with Crippen LogP contribution in [0.1, 0.15) is 49.0 Å². The van der Waals surface area contributed by atoms with Crippen molar-refractivity contribution in [2.75, 3.05) is 25.0 Å². The molecule has 4 rings (SSSR count). The van der Waals surface area contributed by atoms with E-state index in [9.17, 15) is 15.0 Å². The molecule has 0 fully saturated rings. The smallest absolute Gasteiger partial charge is 0.404 e. The molecule has 3 aromatic carbocycles. The summed E-state index contributed by atoms with van der Waals surface area (Å²) in [6.07, 6.45) is 5.08. The normalized spacial score (nSPS) is 13.7. The molecule has 2 atom stereocenters. The molecule has 3 aromatic rings. The Morgan fingerprint density at radius 1 is 1.13 bits per heavy atom.